The van der Waals surface area contributed by atoms with Crippen LogP contribution >= 0.6 is 0 Å². The average Bonchev–Trinajstić information content (AvgIpc) is 2.78. The van der Waals surface area contributed by atoms with Crippen molar-refractivity contribution in [3.8, 4) is 0 Å². The molecule has 118 valence electrons. The van der Waals surface area contributed by atoms with Crippen molar-refractivity contribution in [2.24, 2.45) is 5.92 Å². The molecule has 0 aromatic heterocycles. The molecule has 0 radical (unpaired) electrons. The lowest BCUT2D eigenvalue weighted by Gasteiger charge is -2.26. The monoisotopic (exact) mass is 290 g/mol. The Kier molecular flexibility index (Phi) is 5.11. The highest BCUT2D eigenvalue weighted by Gasteiger charge is 2.35. The molecule has 2 aliphatic carbocycles. The second-order valence-electron chi connectivity index (χ2n) is 7.33. The van der Waals surface area contributed by atoms with E-state index in [9.17, 15) is 10.2 Å². The van der Waals surface area contributed by atoms with Crippen molar-refractivity contribution in [1.82, 2.24) is 0 Å². The minimum Gasteiger partial charge on any atom is -0.388 e. The van der Waals surface area contributed by atoms with Gasteiger partial charge in [-0.2, -0.15) is 0 Å². The molecule has 0 saturated carbocycles. The highest BCUT2D eigenvalue weighted by molar-refractivity contribution is 5.33. The molecule has 2 nitrogen and oxygen atoms in total. The maximum atomic E-state index is 10.7. The van der Waals surface area contributed by atoms with Crippen molar-refractivity contribution in [1.29, 1.82) is 0 Å². The number of aliphatic hydroxyl groups is 2. The van der Waals surface area contributed by atoms with Crippen LogP contribution in [0.15, 0.2) is 34.9 Å². The predicted molar refractivity (Wildman–Crippen MR) is 88.0 cm³/mol. The maximum absolute atomic E-state index is 10.7. The molecule has 2 N–H and O–H groups in total. The molecule has 0 spiro atoms. The lowest BCUT2D eigenvalue weighted by molar-refractivity contribution is 0.112. The minimum absolute atomic E-state index is 0.407. The summed E-state index contributed by atoms with van der Waals surface area (Å²) in [4.78, 5) is 0. The first-order chi connectivity index (χ1) is 9.79. The molecule has 2 rings (SSSR count). The standard InChI is InChI=1S/C19H30O2/c1-13-6-5-7-14(2)12-17(20)18-15(9-8-13)10-11-16(18)19(3,4)21/h7,15,17,20-21H,1,5-6,8-12H2,2-4H3. The van der Waals surface area contributed by atoms with Gasteiger partial charge >= 0.3 is 0 Å². The van der Waals surface area contributed by atoms with Crippen molar-refractivity contribution >= 4 is 0 Å². The molecular formula is C19H30O2. The van der Waals surface area contributed by atoms with Crippen molar-refractivity contribution in [3.63, 3.8) is 0 Å². The zero-order valence-corrected chi connectivity index (χ0v) is 13.8. The Labute approximate surface area is 129 Å². The van der Waals surface area contributed by atoms with Crippen LogP contribution < -0.4 is 0 Å². The van der Waals surface area contributed by atoms with Crippen LogP contribution in [0.4, 0.5) is 0 Å². The van der Waals surface area contributed by atoms with E-state index in [-0.39, 0.29) is 0 Å². The number of rotatable bonds is 1. The van der Waals surface area contributed by atoms with Gasteiger partial charge < -0.3 is 10.2 Å². The molecule has 2 aliphatic rings. The summed E-state index contributed by atoms with van der Waals surface area (Å²) >= 11 is 0. The lowest BCUT2D eigenvalue weighted by Crippen LogP contribution is -2.26. The number of aliphatic hydroxyl groups excluding tert-OH is 1. The van der Waals surface area contributed by atoms with Crippen LogP contribution in [0.3, 0.4) is 0 Å². The average molecular weight is 290 g/mol. The van der Waals surface area contributed by atoms with Gasteiger partial charge in [-0.25, -0.2) is 0 Å². The number of allylic oxidation sites excluding steroid dienone is 2. The van der Waals surface area contributed by atoms with Gasteiger partial charge in [-0.05, 0) is 82.8 Å². The normalized spacial score (nSPS) is 29.0. The lowest BCUT2D eigenvalue weighted by atomic mass is 9.85. The summed E-state index contributed by atoms with van der Waals surface area (Å²) in [5, 5.41) is 21.2. The van der Waals surface area contributed by atoms with Crippen molar-refractivity contribution in [2.45, 2.75) is 77.4 Å². The van der Waals surface area contributed by atoms with E-state index >= 15 is 0 Å². The van der Waals surface area contributed by atoms with E-state index in [1.54, 1.807) is 0 Å². The molecule has 0 aromatic carbocycles. The highest BCUT2D eigenvalue weighted by atomic mass is 16.3. The molecular weight excluding hydrogens is 260 g/mol. The molecule has 0 fully saturated rings. The fraction of sp³-hybridized carbons (Fsp3) is 0.684. The van der Waals surface area contributed by atoms with Crippen molar-refractivity contribution < 1.29 is 10.2 Å². The summed E-state index contributed by atoms with van der Waals surface area (Å²) in [6.07, 6.45) is 8.62. The van der Waals surface area contributed by atoms with Gasteiger partial charge in [-0.3, -0.25) is 0 Å². The van der Waals surface area contributed by atoms with Gasteiger partial charge in [0.2, 0.25) is 0 Å². The van der Waals surface area contributed by atoms with E-state index in [0.29, 0.717) is 12.3 Å². The molecule has 21 heavy (non-hydrogen) atoms. The Morgan fingerprint density at radius 3 is 2.52 bits per heavy atom. The molecule has 2 heteroatoms. The highest BCUT2D eigenvalue weighted by Crippen LogP contribution is 2.43. The smallest absolute Gasteiger partial charge is 0.0804 e. The first kappa shape index (κ1) is 16.5. The van der Waals surface area contributed by atoms with Gasteiger partial charge in [0.15, 0.2) is 0 Å². The van der Waals surface area contributed by atoms with E-state index in [1.165, 1.54) is 11.1 Å². The third-order valence-electron chi connectivity index (χ3n) is 4.98. The molecule has 0 aromatic rings. The zero-order valence-electron chi connectivity index (χ0n) is 13.8. The van der Waals surface area contributed by atoms with E-state index in [2.05, 4.69) is 19.6 Å². The first-order valence-electron chi connectivity index (χ1n) is 8.25. The van der Waals surface area contributed by atoms with Gasteiger partial charge in [-0.1, -0.05) is 23.8 Å². The van der Waals surface area contributed by atoms with Gasteiger partial charge in [-0.15, -0.1) is 0 Å². The number of hydrogen-bond acceptors (Lipinski definition) is 2. The molecule has 0 heterocycles. The van der Waals surface area contributed by atoms with E-state index in [1.807, 2.05) is 13.8 Å². The van der Waals surface area contributed by atoms with Crippen molar-refractivity contribution in [3.05, 3.63) is 34.9 Å². The SMILES string of the molecule is C=C1CCC=C(C)CC(O)C2=C(C(C)(C)O)CCC2CC1. The molecule has 0 amide bonds. The van der Waals surface area contributed by atoms with E-state index in [4.69, 9.17) is 0 Å². The summed E-state index contributed by atoms with van der Waals surface area (Å²) < 4.78 is 0. The Morgan fingerprint density at radius 1 is 1.19 bits per heavy atom. The Morgan fingerprint density at radius 2 is 1.86 bits per heavy atom. The summed E-state index contributed by atoms with van der Waals surface area (Å²) in [5.74, 6) is 0.407. The summed E-state index contributed by atoms with van der Waals surface area (Å²) in [5.41, 5.74) is 3.92. The third-order valence-corrected chi connectivity index (χ3v) is 4.98. The van der Waals surface area contributed by atoms with Gasteiger partial charge in [0, 0.05) is 0 Å². The minimum atomic E-state index is -0.820. The summed E-state index contributed by atoms with van der Waals surface area (Å²) in [6.45, 7) is 9.97. The zero-order chi connectivity index (χ0) is 15.6. The fourth-order valence-electron chi connectivity index (χ4n) is 3.82. The second-order valence-corrected chi connectivity index (χ2v) is 7.33. The molecule has 0 saturated heterocycles. The fourth-order valence-corrected chi connectivity index (χ4v) is 3.82. The predicted octanol–water partition coefficient (Wildman–Crippen LogP) is 4.29. The Balaban J connectivity index is 2.34. The molecule has 2 atom stereocenters. The molecule has 0 bridgehead atoms. The van der Waals surface area contributed by atoms with Crippen LogP contribution in [0.5, 0.6) is 0 Å². The summed E-state index contributed by atoms with van der Waals surface area (Å²) in [7, 11) is 0. The first-order valence-corrected chi connectivity index (χ1v) is 8.25. The van der Waals surface area contributed by atoms with Crippen LogP contribution in [-0.2, 0) is 0 Å². The Bertz CT molecular complexity index is 462. The largest absolute Gasteiger partial charge is 0.388 e. The van der Waals surface area contributed by atoms with Gasteiger partial charge in [0.1, 0.15) is 0 Å². The quantitative estimate of drug-likeness (QED) is 0.707. The number of fused-ring (bicyclic) bond motifs is 1. The number of hydrogen-bond donors (Lipinski definition) is 2. The van der Waals surface area contributed by atoms with E-state index < -0.39 is 11.7 Å². The molecule has 2 unspecified atom stereocenters. The summed E-state index contributed by atoms with van der Waals surface area (Å²) in [6, 6.07) is 0. The van der Waals surface area contributed by atoms with Crippen LogP contribution in [0.1, 0.15) is 65.7 Å². The second kappa shape index (κ2) is 6.50. The molecule has 0 aliphatic heterocycles. The van der Waals surface area contributed by atoms with Crippen LogP contribution in [-0.4, -0.2) is 21.9 Å². The van der Waals surface area contributed by atoms with Gasteiger partial charge in [0.05, 0.1) is 11.7 Å². The third kappa shape index (κ3) is 4.08. The van der Waals surface area contributed by atoms with Crippen LogP contribution in [0.2, 0.25) is 0 Å². The van der Waals surface area contributed by atoms with Crippen molar-refractivity contribution in [2.75, 3.05) is 0 Å². The topological polar surface area (TPSA) is 40.5 Å². The Hall–Kier alpha value is -0.860. The van der Waals surface area contributed by atoms with Crippen LogP contribution in [0, 0.1) is 5.92 Å². The maximum Gasteiger partial charge on any atom is 0.0804 e. The van der Waals surface area contributed by atoms with E-state index in [0.717, 1.165) is 49.7 Å². The van der Waals surface area contributed by atoms with Crippen LogP contribution in [0.25, 0.3) is 0 Å². The van der Waals surface area contributed by atoms with Gasteiger partial charge in [0.25, 0.3) is 0 Å².